The molecule has 1 aromatic heterocycles. The lowest BCUT2D eigenvalue weighted by Crippen LogP contribution is -2.41. The molecule has 1 saturated heterocycles. The molecule has 28 heavy (non-hydrogen) atoms. The first-order valence-corrected chi connectivity index (χ1v) is 9.59. The topological polar surface area (TPSA) is 67.6 Å². The maximum atomic E-state index is 12.8. The fourth-order valence-electron chi connectivity index (χ4n) is 3.66. The molecule has 3 aromatic rings. The van der Waals surface area contributed by atoms with Gasteiger partial charge < -0.3 is 14.6 Å². The number of hydrogen-bond acceptors (Lipinski definition) is 5. The summed E-state index contributed by atoms with van der Waals surface area (Å²) >= 11 is 0. The molecule has 0 aliphatic carbocycles. The van der Waals surface area contributed by atoms with Gasteiger partial charge in [-0.15, -0.1) is 0 Å². The number of fused-ring (bicyclic) bond motifs is 1. The molecule has 1 aliphatic rings. The predicted molar refractivity (Wildman–Crippen MR) is 107 cm³/mol. The van der Waals surface area contributed by atoms with Crippen LogP contribution in [0.1, 0.15) is 35.7 Å². The van der Waals surface area contributed by atoms with Crippen LogP contribution in [0.2, 0.25) is 0 Å². The lowest BCUT2D eigenvalue weighted by atomic mass is 9.89. The van der Waals surface area contributed by atoms with Crippen LogP contribution in [0.25, 0.3) is 10.8 Å². The van der Waals surface area contributed by atoms with Crippen molar-refractivity contribution in [2.24, 2.45) is 0 Å². The molecule has 0 atom stereocenters. The first kappa shape index (κ1) is 18.7. The lowest BCUT2D eigenvalue weighted by molar-refractivity contribution is 0.0305. The Hall–Kier alpha value is -2.70. The SMILES string of the molecule is CC(C)(NC(=O)c1cc(CN2CCOCC2)on1)c1cccc2ccccc12. The zero-order valence-corrected chi connectivity index (χ0v) is 16.3. The molecule has 146 valence electrons. The number of benzene rings is 2. The molecular weight excluding hydrogens is 354 g/mol. The van der Waals surface area contributed by atoms with Crippen LogP contribution in [-0.2, 0) is 16.8 Å². The van der Waals surface area contributed by atoms with E-state index in [2.05, 4.69) is 39.6 Å². The van der Waals surface area contributed by atoms with Gasteiger partial charge in [-0.2, -0.15) is 0 Å². The van der Waals surface area contributed by atoms with E-state index in [1.54, 1.807) is 6.07 Å². The summed E-state index contributed by atoms with van der Waals surface area (Å²) in [7, 11) is 0. The summed E-state index contributed by atoms with van der Waals surface area (Å²) in [5.41, 5.74) is 0.814. The Kier molecular flexibility index (Phi) is 5.15. The monoisotopic (exact) mass is 379 g/mol. The van der Waals surface area contributed by atoms with E-state index in [0.29, 0.717) is 18.0 Å². The van der Waals surface area contributed by atoms with E-state index in [0.717, 1.165) is 42.6 Å². The predicted octanol–water partition coefficient (Wildman–Crippen LogP) is 3.33. The second-order valence-electron chi connectivity index (χ2n) is 7.67. The van der Waals surface area contributed by atoms with Gasteiger partial charge in [0.15, 0.2) is 11.5 Å². The van der Waals surface area contributed by atoms with Gasteiger partial charge in [-0.1, -0.05) is 47.6 Å². The third-order valence-corrected chi connectivity index (χ3v) is 5.16. The van der Waals surface area contributed by atoms with E-state index in [1.807, 2.05) is 32.0 Å². The van der Waals surface area contributed by atoms with Crippen LogP contribution >= 0.6 is 0 Å². The Bertz CT molecular complexity index is 969. The fourth-order valence-corrected chi connectivity index (χ4v) is 3.66. The molecule has 1 amide bonds. The summed E-state index contributed by atoms with van der Waals surface area (Å²) in [5.74, 6) is 0.449. The standard InChI is InChI=1S/C22H25N3O3/c1-22(2,19-9-5-7-16-6-3-4-8-18(16)19)23-21(26)20-14-17(28-24-20)15-25-10-12-27-13-11-25/h3-9,14H,10-13,15H2,1-2H3,(H,23,26). The molecule has 6 heteroatoms. The molecule has 2 heterocycles. The number of nitrogens with one attached hydrogen (secondary N) is 1. The van der Waals surface area contributed by atoms with E-state index in [9.17, 15) is 4.79 Å². The van der Waals surface area contributed by atoms with Gasteiger partial charge in [0.05, 0.1) is 25.3 Å². The number of morpholine rings is 1. The molecule has 0 radical (unpaired) electrons. The van der Waals surface area contributed by atoms with Crippen molar-refractivity contribution in [2.45, 2.75) is 25.9 Å². The van der Waals surface area contributed by atoms with E-state index in [1.165, 1.54) is 0 Å². The van der Waals surface area contributed by atoms with Crippen LogP contribution in [0.5, 0.6) is 0 Å². The number of hydrogen-bond donors (Lipinski definition) is 1. The Labute approximate surface area is 164 Å². The highest BCUT2D eigenvalue weighted by Crippen LogP contribution is 2.28. The molecule has 0 spiro atoms. The van der Waals surface area contributed by atoms with Gasteiger partial charge in [0.2, 0.25) is 0 Å². The fraction of sp³-hybridized carbons (Fsp3) is 0.364. The van der Waals surface area contributed by atoms with E-state index >= 15 is 0 Å². The van der Waals surface area contributed by atoms with Crippen molar-refractivity contribution in [3.63, 3.8) is 0 Å². The minimum atomic E-state index is -0.554. The smallest absolute Gasteiger partial charge is 0.274 e. The van der Waals surface area contributed by atoms with Gasteiger partial charge in [0.1, 0.15) is 0 Å². The maximum absolute atomic E-state index is 12.8. The molecule has 1 aliphatic heterocycles. The summed E-state index contributed by atoms with van der Waals surface area (Å²) in [4.78, 5) is 15.0. The molecule has 0 unspecified atom stereocenters. The number of carbonyl (C=O) groups excluding carboxylic acids is 1. The van der Waals surface area contributed by atoms with Crippen molar-refractivity contribution in [1.29, 1.82) is 0 Å². The van der Waals surface area contributed by atoms with Gasteiger partial charge in [-0.05, 0) is 30.2 Å². The molecule has 1 N–H and O–H groups in total. The molecule has 0 saturated carbocycles. The zero-order valence-electron chi connectivity index (χ0n) is 16.3. The van der Waals surface area contributed by atoms with Crippen LogP contribution in [0.3, 0.4) is 0 Å². The first-order valence-electron chi connectivity index (χ1n) is 9.59. The molecular formula is C22H25N3O3. The van der Waals surface area contributed by atoms with Crippen molar-refractivity contribution >= 4 is 16.7 Å². The van der Waals surface area contributed by atoms with Crippen LogP contribution in [0.4, 0.5) is 0 Å². The van der Waals surface area contributed by atoms with Gasteiger partial charge >= 0.3 is 0 Å². The van der Waals surface area contributed by atoms with Crippen LogP contribution in [-0.4, -0.2) is 42.3 Å². The Morgan fingerprint density at radius 2 is 1.89 bits per heavy atom. The first-order chi connectivity index (χ1) is 13.5. The van der Waals surface area contributed by atoms with Gasteiger partial charge in [0, 0.05) is 19.2 Å². The molecule has 1 fully saturated rings. The molecule has 4 rings (SSSR count). The summed E-state index contributed by atoms with van der Waals surface area (Å²) in [6.45, 7) is 7.80. The second kappa shape index (κ2) is 7.73. The molecule has 2 aromatic carbocycles. The summed E-state index contributed by atoms with van der Waals surface area (Å²) < 4.78 is 10.7. The van der Waals surface area contributed by atoms with Crippen molar-refractivity contribution in [2.75, 3.05) is 26.3 Å². The number of ether oxygens (including phenoxy) is 1. The van der Waals surface area contributed by atoms with Gasteiger partial charge in [-0.3, -0.25) is 9.69 Å². The van der Waals surface area contributed by atoms with Crippen molar-refractivity contribution in [3.05, 3.63) is 65.5 Å². The van der Waals surface area contributed by atoms with E-state index < -0.39 is 5.54 Å². The quantitative estimate of drug-likeness (QED) is 0.737. The minimum absolute atomic E-state index is 0.241. The molecule has 0 bridgehead atoms. The summed E-state index contributed by atoms with van der Waals surface area (Å²) in [5, 5.41) is 9.36. The third-order valence-electron chi connectivity index (χ3n) is 5.16. The largest absolute Gasteiger partial charge is 0.379 e. The van der Waals surface area contributed by atoms with Crippen molar-refractivity contribution in [3.8, 4) is 0 Å². The zero-order chi connectivity index (χ0) is 19.6. The van der Waals surface area contributed by atoms with Crippen molar-refractivity contribution in [1.82, 2.24) is 15.4 Å². The van der Waals surface area contributed by atoms with Crippen LogP contribution in [0.15, 0.2) is 53.1 Å². The van der Waals surface area contributed by atoms with Crippen LogP contribution in [0, 0.1) is 0 Å². The van der Waals surface area contributed by atoms with Gasteiger partial charge in [-0.25, -0.2) is 0 Å². The Balaban J connectivity index is 1.49. The lowest BCUT2D eigenvalue weighted by Gasteiger charge is -2.28. The minimum Gasteiger partial charge on any atom is -0.379 e. The number of nitrogens with zero attached hydrogens (tertiary/aromatic N) is 2. The van der Waals surface area contributed by atoms with Crippen molar-refractivity contribution < 1.29 is 14.1 Å². The maximum Gasteiger partial charge on any atom is 0.274 e. The van der Waals surface area contributed by atoms with Gasteiger partial charge in [0.25, 0.3) is 5.91 Å². The highest BCUT2D eigenvalue weighted by Gasteiger charge is 2.27. The third kappa shape index (κ3) is 3.93. The number of carbonyl (C=O) groups is 1. The average Bonchev–Trinajstić information content (AvgIpc) is 3.17. The normalized spacial score (nSPS) is 15.6. The Morgan fingerprint density at radius 3 is 2.71 bits per heavy atom. The highest BCUT2D eigenvalue weighted by molar-refractivity contribution is 5.94. The van der Waals surface area contributed by atoms with Crippen LogP contribution < -0.4 is 5.32 Å². The average molecular weight is 379 g/mol. The molecule has 6 nitrogen and oxygen atoms in total. The Morgan fingerprint density at radius 1 is 1.14 bits per heavy atom. The second-order valence-corrected chi connectivity index (χ2v) is 7.67. The summed E-state index contributed by atoms with van der Waals surface area (Å²) in [6, 6.07) is 16.1. The number of amides is 1. The number of rotatable bonds is 5. The summed E-state index contributed by atoms with van der Waals surface area (Å²) in [6.07, 6.45) is 0. The highest BCUT2D eigenvalue weighted by atomic mass is 16.5. The van der Waals surface area contributed by atoms with E-state index in [4.69, 9.17) is 9.26 Å². The number of aromatic nitrogens is 1. The van der Waals surface area contributed by atoms with E-state index in [-0.39, 0.29) is 5.91 Å².